The van der Waals surface area contributed by atoms with E-state index in [0.29, 0.717) is 0 Å². The highest BCUT2D eigenvalue weighted by Crippen LogP contribution is 2.92. The first-order valence-corrected chi connectivity index (χ1v) is 4.09. The van der Waals surface area contributed by atoms with Crippen LogP contribution >= 0.6 is 0 Å². The first-order chi connectivity index (χ1) is 4.09. The predicted octanol–water partition coefficient (Wildman–Crippen LogP) is 2.69. The molecule has 0 unspecified atom stereocenters. The lowest BCUT2D eigenvalue weighted by molar-refractivity contribution is 0.284. The summed E-state index contributed by atoms with van der Waals surface area (Å²) >= 11 is 0. The van der Waals surface area contributed by atoms with E-state index in [-0.39, 0.29) is 0 Å². The third-order valence-corrected chi connectivity index (χ3v) is 4.24. The Hall–Kier alpha value is 0. The maximum Gasteiger partial charge on any atom is -0.0181 e. The number of fused-ring (bicyclic) bond motifs is 1. The first kappa shape index (κ1) is 5.76. The number of hydrogen-bond donors (Lipinski definition) is 0. The highest BCUT2D eigenvalue weighted by molar-refractivity contribution is 5.34. The average Bonchev–Trinajstić information content (AvgIpc) is 2.53. The molecule has 0 aromatic rings. The van der Waals surface area contributed by atoms with Crippen LogP contribution in [0.3, 0.4) is 0 Å². The second-order valence-corrected chi connectivity index (χ2v) is 4.38. The Morgan fingerprint density at radius 2 is 1.89 bits per heavy atom. The Labute approximate surface area is 57.6 Å². The molecule has 2 aliphatic carbocycles. The minimum atomic E-state index is 0.723. The molecule has 52 valence electrons. The van der Waals surface area contributed by atoms with Crippen molar-refractivity contribution in [1.29, 1.82) is 0 Å². The molecule has 0 heteroatoms. The Bertz CT molecular complexity index is 157. The lowest BCUT2D eigenvalue weighted by atomic mass is 9.84. The number of hydrogen-bond acceptors (Lipinski definition) is 0. The fourth-order valence-electron chi connectivity index (χ4n) is 3.67. The normalized spacial score (nSPS) is 58.7. The predicted molar refractivity (Wildman–Crippen MR) is 39.2 cm³/mol. The Morgan fingerprint density at radius 3 is 1.89 bits per heavy atom. The molecular weight excluding hydrogens is 108 g/mol. The third-order valence-electron chi connectivity index (χ3n) is 4.24. The molecule has 3 atom stereocenters. The van der Waals surface area contributed by atoms with Crippen molar-refractivity contribution >= 4 is 0 Å². The van der Waals surface area contributed by atoms with E-state index in [2.05, 4.69) is 27.7 Å². The molecule has 2 rings (SSSR count). The van der Waals surface area contributed by atoms with Crippen LogP contribution in [0.25, 0.3) is 0 Å². The first-order valence-electron chi connectivity index (χ1n) is 4.09. The minimum Gasteiger partial charge on any atom is -0.0648 e. The van der Waals surface area contributed by atoms with Gasteiger partial charge >= 0.3 is 0 Å². The van der Waals surface area contributed by atoms with Gasteiger partial charge in [0.2, 0.25) is 0 Å². The fraction of sp³-hybridized carbons (Fsp3) is 1.00. The highest BCUT2D eigenvalue weighted by Gasteiger charge is 2.87. The average molecular weight is 124 g/mol. The van der Waals surface area contributed by atoms with Crippen LogP contribution in [0, 0.1) is 22.7 Å². The minimum absolute atomic E-state index is 0.723. The van der Waals surface area contributed by atoms with E-state index in [0.717, 1.165) is 22.7 Å². The van der Waals surface area contributed by atoms with Gasteiger partial charge in [0.05, 0.1) is 0 Å². The Kier molecular flexibility index (Phi) is 0.695. The van der Waals surface area contributed by atoms with Crippen LogP contribution in [0.2, 0.25) is 0 Å². The molecule has 0 aliphatic heterocycles. The molecule has 0 N–H and O–H groups in total. The molecule has 0 amide bonds. The summed E-state index contributed by atoms with van der Waals surface area (Å²) in [5, 5.41) is 0. The maximum absolute atomic E-state index is 2.42. The summed E-state index contributed by atoms with van der Waals surface area (Å²) < 4.78 is 0. The van der Waals surface area contributed by atoms with Gasteiger partial charge in [-0.2, -0.15) is 0 Å². The van der Waals surface area contributed by atoms with Crippen molar-refractivity contribution in [3.63, 3.8) is 0 Å². The molecule has 0 nitrogen and oxygen atoms in total. The Morgan fingerprint density at radius 1 is 1.33 bits per heavy atom. The lowest BCUT2D eigenvalue weighted by Crippen LogP contribution is -2.13. The van der Waals surface area contributed by atoms with Crippen molar-refractivity contribution < 1.29 is 0 Å². The highest BCUT2D eigenvalue weighted by atomic mass is 14.9. The second kappa shape index (κ2) is 1.09. The van der Waals surface area contributed by atoms with Crippen LogP contribution in [-0.2, 0) is 0 Å². The molecule has 0 saturated heterocycles. The van der Waals surface area contributed by atoms with Gasteiger partial charge in [-0.25, -0.2) is 0 Å². The molecule has 0 heterocycles. The van der Waals surface area contributed by atoms with Crippen LogP contribution in [0.5, 0.6) is 0 Å². The fourth-order valence-corrected chi connectivity index (χ4v) is 3.67. The molecular formula is C9H16. The molecule has 0 bridgehead atoms. The van der Waals surface area contributed by atoms with Gasteiger partial charge in [0.15, 0.2) is 0 Å². The van der Waals surface area contributed by atoms with E-state index in [1.165, 1.54) is 6.42 Å². The third kappa shape index (κ3) is 0.320. The van der Waals surface area contributed by atoms with Gasteiger partial charge in [0, 0.05) is 0 Å². The van der Waals surface area contributed by atoms with Gasteiger partial charge in [0.1, 0.15) is 0 Å². The molecule has 9 heavy (non-hydrogen) atoms. The Balaban J connectivity index is 2.18. The zero-order valence-electron chi connectivity index (χ0n) is 6.86. The van der Waals surface area contributed by atoms with E-state index in [4.69, 9.17) is 0 Å². The van der Waals surface area contributed by atoms with Crippen molar-refractivity contribution in [2.24, 2.45) is 22.7 Å². The zero-order valence-corrected chi connectivity index (χ0v) is 6.86. The molecule has 0 aromatic heterocycles. The molecule has 0 aromatic carbocycles. The SMILES string of the molecule is CC[C@]12[C@H](C)[C@H]1C2(C)C. The van der Waals surface area contributed by atoms with E-state index < -0.39 is 0 Å². The molecule has 0 radical (unpaired) electrons. The van der Waals surface area contributed by atoms with Gasteiger partial charge < -0.3 is 0 Å². The quantitative estimate of drug-likeness (QED) is 0.504. The van der Waals surface area contributed by atoms with Crippen molar-refractivity contribution in [2.45, 2.75) is 34.1 Å². The van der Waals surface area contributed by atoms with Crippen LogP contribution in [0.4, 0.5) is 0 Å². The lowest BCUT2D eigenvalue weighted by Gasteiger charge is -2.20. The monoisotopic (exact) mass is 124 g/mol. The van der Waals surface area contributed by atoms with E-state index in [1.807, 2.05) is 0 Å². The van der Waals surface area contributed by atoms with Gasteiger partial charge in [0.25, 0.3) is 0 Å². The topological polar surface area (TPSA) is 0 Å². The molecule has 2 fully saturated rings. The van der Waals surface area contributed by atoms with E-state index >= 15 is 0 Å². The van der Waals surface area contributed by atoms with Crippen molar-refractivity contribution in [3.8, 4) is 0 Å². The smallest absolute Gasteiger partial charge is 0.0181 e. The summed E-state index contributed by atoms with van der Waals surface area (Å²) in [5.41, 5.74) is 1.54. The summed E-state index contributed by atoms with van der Waals surface area (Å²) in [7, 11) is 0. The van der Waals surface area contributed by atoms with Crippen LogP contribution in [-0.4, -0.2) is 0 Å². The van der Waals surface area contributed by atoms with Crippen LogP contribution in [0.15, 0.2) is 0 Å². The summed E-state index contributed by atoms with van der Waals surface area (Å²) in [6.07, 6.45) is 1.41. The van der Waals surface area contributed by atoms with Gasteiger partial charge in [-0.3, -0.25) is 0 Å². The number of rotatable bonds is 1. The van der Waals surface area contributed by atoms with E-state index in [1.54, 1.807) is 0 Å². The summed E-state index contributed by atoms with van der Waals surface area (Å²) in [6.45, 7) is 9.58. The van der Waals surface area contributed by atoms with E-state index in [9.17, 15) is 0 Å². The zero-order chi connectivity index (χ0) is 6.86. The van der Waals surface area contributed by atoms with Crippen LogP contribution in [0.1, 0.15) is 34.1 Å². The van der Waals surface area contributed by atoms with Crippen molar-refractivity contribution in [3.05, 3.63) is 0 Å². The van der Waals surface area contributed by atoms with Crippen molar-refractivity contribution in [1.82, 2.24) is 0 Å². The summed E-state index contributed by atoms with van der Waals surface area (Å²) in [5.74, 6) is 2.15. The second-order valence-electron chi connectivity index (χ2n) is 4.38. The summed E-state index contributed by atoms with van der Waals surface area (Å²) in [4.78, 5) is 0. The van der Waals surface area contributed by atoms with Crippen LogP contribution < -0.4 is 0 Å². The van der Waals surface area contributed by atoms with Gasteiger partial charge in [-0.05, 0) is 29.1 Å². The standard InChI is InChI=1S/C9H16/c1-5-9-6(2)7(9)8(9,3)4/h6-7H,5H2,1-4H3/t6-,7+,9+/m1/s1. The molecule has 2 aliphatic rings. The van der Waals surface area contributed by atoms with Gasteiger partial charge in [-0.15, -0.1) is 0 Å². The maximum atomic E-state index is 2.42. The largest absolute Gasteiger partial charge is 0.0648 e. The molecule has 2 saturated carbocycles. The molecule has 0 spiro atoms. The van der Waals surface area contributed by atoms with Crippen molar-refractivity contribution in [2.75, 3.05) is 0 Å². The summed E-state index contributed by atoms with van der Waals surface area (Å²) in [6, 6.07) is 0. The van der Waals surface area contributed by atoms with Gasteiger partial charge in [-0.1, -0.05) is 27.7 Å².